The second-order valence-electron chi connectivity index (χ2n) is 4.64. The van der Waals surface area contributed by atoms with Gasteiger partial charge in [-0.05, 0) is 37.1 Å². The molecule has 1 aromatic carbocycles. The third-order valence-electron chi connectivity index (χ3n) is 3.20. The molecule has 7 heteroatoms. The number of benzene rings is 1. The van der Waals surface area contributed by atoms with Crippen LogP contribution < -0.4 is 10.5 Å². The molecule has 6 nitrogen and oxygen atoms in total. The smallest absolute Gasteiger partial charge is 0.240 e. The molecule has 0 aliphatic heterocycles. The maximum atomic E-state index is 12.2. The molecule has 0 unspecified atom stereocenters. The van der Waals surface area contributed by atoms with Gasteiger partial charge >= 0.3 is 0 Å². The van der Waals surface area contributed by atoms with Crippen LogP contribution in [0.4, 0.5) is 5.69 Å². The number of hydrogen-bond acceptors (Lipinski definition) is 4. The lowest BCUT2D eigenvalue weighted by atomic mass is 10.1. The molecule has 0 bridgehead atoms. The molecule has 0 saturated heterocycles. The Balaban J connectivity index is 2.10. The lowest BCUT2D eigenvalue weighted by Gasteiger charge is -2.10. The first-order valence-electron chi connectivity index (χ1n) is 6.25. The fraction of sp³-hybridized carbons (Fsp3) is 0.308. The van der Waals surface area contributed by atoms with Gasteiger partial charge in [0.05, 0.1) is 4.90 Å². The monoisotopic (exact) mass is 294 g/mol. The van der Waals surface area contributed by atoms with Crippen LogP contribution in [0.1, 0.15) is 17.0 Å². The first-order valence-corrected chi connectivity index (χ1v) is 7.73. The van der Waals surface area contributed by atoms with Gasteiger partial charge in [0.25, 0.3) is 0 Å². The number of nitrogen functional groups attached to an aromatic ring is 1. The number of rotatable bonds is 5. The minimum atomic E-state index is -3.55. The largest absolute Gasteiger partial charge is 0.398 e. The number of nitrogens with one attached hydrogen (secondary N) is 2. The molecule has 108 valence electrons. The van der Waals surface area contributed by atoms with E-state index >= 15 is 0 Å². The standard InChI is InChI=1S/C13H18N4O2S/c1-9-7-11(8-12(14)10(9)2)20(18,19)17-4-3-13-15-5-6-16-13/h5-8,17H,3-4,14H2,1-2H3,(H,15,16). The Labute approximate surface area is 118 Å². The van der Waals surface area contributed by atoms with E-state index in [4.69, 9.17) is 5.73 Å². The lowest BCUT2D eigenvalue weighted by molar-refractivity contribution is 0.581. The van der Waals surface area contributed by atoms with Gasteiger partial charge in [-0.15, -0.1) is 0 Å². The Morgan fingerprint density at radius 1 is 1.35 bits per heavy atom. The minimum absolute atomic E-state index is 0.192. The van der Waals surface area contributed by atoms with Crippen LogP contribution in [-0.4, -0.2) is 24.9 Å². The summed E-state index contributed by atoms with van der Waals surface area (Å²) < 4.78 is 26.9. The highest BCUT2D eigenvalue weighted by Gasteiger charge is 2.15. The van der Waals surface area contributed by atoms with Gasteiger partial charge in [-0.3, -0.25) is 0 Å². The van der Waals surface area contributed by atoms with Gasteiger partial charge in [-0.1, -0.05) is 0 Å². The van der Waals surface area contributed by atoms with E-state index < -0.39 is 10.0 Å². The van der Waals surface area contributed by atoms with Crippen LogP contribution in [0, 0.1) is 13.8 Å². The maximum Gasteiger partial charge on any atom is 0.240 e. The van der Waals surface area contributed by atoms with Crippen LogP contribution in [0.25, 0.3) is 0 Å². The number of nitrogens with zero attached hydrogens (tertiary/aromatic N) is 1. The highest BCUT2D eigenvalue weighted by Crippen LogP contribution is 2.21. The van der Waals surface area contributed by atoms with Crippen LogP contribution in [0.2, 0.25) is 0 Å². The predicted molar refractivity (Wildman–Crippen MR) is 77.8 cm³/mol. The van der Waals surface area contributed by atoms with Crippen molar-refractivity contribution in [2.45, 2.75) is 25.2 Å². The van der Waals surface area contributed by atoms with Crippen molar-refractivity contribution in [1.29, 1.82) is 0 Å². The quantitative estimate of drug-likeness (QED) is 0.719. The Bertz CT molecular complexity index is 670. The van der Waals surface area contributed by atoms with Crippen molar-refractivity contribution in [2.75, 3.05) is 12.3 Å². The molecule has 0 amide bonds. The fourth-order valence-corrected chi connectivity index (χ4v) is 2.98. The van der Waals surface area contributed by atoms with Crippen molar-refractivity contribution < 1.29 is 8.42 Å². The first kappa shape index (κ1) is 14.5. The number of aryl methyl sites for hydroxylation is 1. The van der Waals surface area contributed by atoms with Crippen LogP contribution in [0.5, 0.6) is 0 Å². The number of aromatic nitrogens is 2. The highest BCUT2D eigenvalue weighted by atomic mass is 32.2. The average Bonchev–Trinajstić information content (AvgIpc) is 2.88. The van der Waals surface area contributed by atoms with Crippen molar-refractivity contribution in [1.82, 2.24) is 14.7 Å². The molecule has 0 aliphatic rings. The molecule has 20 heavy (non-hydrogen) atoms. The summed E-state index contributed by atoms with van der Waals surface area (Å²) in [7, 11) is -3.55. The molecule has 0 spiro atoms. The zero-order chi connectivity index (χ0) is 14.8. The number of imidazole rings is 1. The molecule has 1 aromatic heterocycles. The van der Waals surface area contributed by atoms with Gasteiger partial charge in [-0.2, -0.15) is 0 Å². The number of sulfonamides is 1. The van der Waals surface area contributed by atoms with Crippen LogP contribution >= 0.6 is 0 Å². The summed E-state index contributed by atoms with van der Waals surface area (Å²) >= 11 is 0. The summed E-state index contributed by atoms with van der Waals surface area (Å²) in [5, 5.41) is 0. The molecule has 0 fully saturated rings. The van der Waals surface area contributed by atoms with Crippen LogP contribution in [0.15, 0.2) is 29.4 Å². The van der Waals surface area contributed by atoms with Crippen LogP contribution in [0.3, 0.4) is 0 Å². The SMILES string of the molecule is Cc1cc(S(=O)(=O)NCCc2ncc[nH]2)cc(N)c1C. The van der Waals surface area contributed by atoms with Crippen molar-refractivity contribution in [3.8, 4) is 0 Å². The number of nitrogens with two attached hydrogens (primary N) is 1. The Morgan fingerprint density at radius 3 is 2.70 bits per heavy atom. The molecule has 4 N–H and O–H groups in total. The zero-order valence-corrected chi connectivity index (χ0v) is 12.3. The normalized spacial score (nSPS) is 11.7. The molecule has 0 atom stereocenters. The molecular weight excluding hydrogens is 276 g/mol. The van der Waals surface area contributed by atoms with Gasteiger partial charge in [0.15, 0.2) is 0 Å². The number of hydrogen-bond donors (Lipinski definition) is 3. The number of anilines is 1. The highest BCUT2D eigenvalue weighted by molar-refractivity contribution is 7.89. The average molecular weight is 294 g/mol. The Morgan fingerprint density at radius 2 is 2.10 bits per heavy atom. The molecule has 0 radical (unpaired) electrons. The Hall–Kier alpha value is -1.86. The topological polar surface area (TPSA) is 101 Å². The van der Waals surface area contributed by atoms with Crippen molar-refractivity contribution in [3.05, 3.63) is 41.5 Å². The van der Waals surface area contributed by atoms with E-state index in [1.165, 1.54) is 6.07 Å². The third kappa shape index (κ3) is 3.17. The van der Waals surface area contributed by atoms with E-state index in [-0.39, 0.29) is 11.4 Å². The van der Waals surface area contributed by atoms with Crippen molar-refractivity contribution >= 4 is 15.7 Å². The second-order valence-corrected chi connectivity index (χ2v) is 6.40. The Kier molecular flexibility index (Phi) is 4.10. The summed E-state index contributed by atoms with van der Waals surface area (Å²) in [6.45, 7) is 3.99. The zero-order valence-electron chi connectivity index (χ0n) is 11.5. The van der Waals surface area contributed by atoms with E-state index in [0.29, 0.717) is 12.1 Å². The van der Waals surface area contributed by atoms with Gasteiger partial charge in [0.2, 0.25) is 10.0 Å². The van der Waals surface area contributed by atoms with E-state index in [1.807, 2.05) is 13.8 Å². The van der Waals surface area contributed by atoms with Crippen molar-refractivity contribution in [3.63, 3.8) is 0 Å². The number of H-pyrrole nitrogens is 1. The van der Waals surface area contributed by atoms with E-state index in [1.54, 1.807) is 18.5 Å². The van der Waals surface area contributed by atoms with Crippen LogP contribution in [-0.2, 0) is 16.4 Å². The molecule has 0 saturated carbocycles. The van der Waals surface area contributed by atoms with Crippen molar-refractivity contribution in [2.24, 2.45) is 0 Å². The molecule has 0 aliphatic carbocycles. The summed E-state index contributed by atoms with van der Waals surface area (Å²) in [5.74, 6) is 0.743. The minimum Gasteiger partial charge on any atom is -0.398 e. The summed E-state index contributed by atoms with van der Waals surface area (Å²) in [6, 6.07) is 3.11. The number of aromatic amines is 1. The first-order chi connectivity index (χ1) is 9.40. The molecular formula is C13H18N4O2S. The van der Waals surface area contributed by atoms with Gasteiger partial charge in [0, 0.05) is 31.0 Å². The fourth-order valence-electron chi connectivity index (χ4n) is 1.83. The lowest BCUT2D eigenvalue weighted by Crippen LogP contribution is -2.26. The summed E-state index contributed by atoms with van der Waals surface area (Å²) in [4.78, 5) is 7.15. The third-order valence-corrected chi connectivity index (χ3v) is 4.64. The van der Waals surface area contributed by atoms with E-state index in [0.717, 1.165) is 17.0 Å². The second kappa shape index (κ2) is 5.64. The van der Waals surface area contributed by atoms with Gasteiger partial charge < -0.3 is 10.7 Å². The molecule has 2 aromatic rings. The maximum absolute atomic E-state index is 12.2. The summed E-state index contributed by atoms with van der Waals surface area (Å²) in [5.41, 5.74) is 8.06. The van der Waals surface area contributed by atoms with Gasteiger partial charge in [-0.25, -0.2) is 18.1 Å². The summed E-state index contributed by atoms with van der Waals surface area (Å²) in [6.07, 6.45) is 3.84. The molecule has 1 heterocycles. The van der Waals surface area contributed by atoms with E-state index in [2.05, 4.69) is 14.7 Å². The molecule has 2 rings (SSSR count). The predicted octanol–water partition coefficient (Wildman–Crippen LogP) is 1.13. The van der Waals surface area contributed by atoms with Gasteiger partial charge in [0.1, 0.15) is 5.82 Å². The van der Waals surface area contributed by atoms with E-state index in [9.17, 15) is 8.42 Å².